The molecule has 14 nitrogen and oxygen atoms in total. The van der Waals surface area contributed by atoms with Crippen LogP contribution in [-0.2, 0) is 28.2 Å². The second-order valence-corrected chi connectivity index (χ2v) is 13.9. The summed E-state index contributed by atoms with van der Waals surface area (Å²) in [5.74, 6) is -0.605. The van der Waals surface area contributed by atoms with Crippen LogP contribution in [0.2, 0.25) is 0 Å². The van der Waals surface area contributed by atoms with E-state index in [1.807, 2.05) is 0 Å². The van der Waals surface area contributed by atoms with E-state index in [0.717, 1.165) is 62.0 Å². The number of hydrogen-bond acceptors (Lipinski definition) is 9. The zero-order valence-corrected chi connectivity index (χ0v) is 30.5. The Labute approximate surface area is 296 Å². The van der Waals surface area contributed by atoms with Crippen LogP contribution in [0.3, 0.4) is 0 Å². The standard InChI is InChI=1S/C35H60N3O11P/c39-27-28-32(49-50(45)46)33(34(48-28)38-25-23-30(41)37-35(38)44)47-26-20-16-15-19-24-36-29(40)21-17-13-11-9-7-5-3-1-2-4-6-8-10-12-14-18-22-31(42)43/h23,25,28,32-34,39H,1-22,24,26-27H2,(H3-,36,37,40,41,42,43,44,45,46)/p+1. The number of nitrogens with zero attached hydrogens (tertiary/aromatic N) is 1. The lowest BCUT2D eigenvalue weighted by atomic mass is 10.0. The van der Waals surface area contributed by atoms with Crippen LogP contribution in [0.1, 0.15) is 147 Å². The highest BCUT2D eigenvalue weighted by Gasteiger charge is 2.51. The van der Waals surface area contributed by atoms with Gasteiger partial charge in [0.15, 0.2) is 12.3 Å². The summed E-state index contributed by atoms with van der Waals surface area (Å²) >= 11 is 0. The molecule has 1 fully saturated rings. The zero-order valence-electron chi connectivity index (χ0n) is 29.6. The summed E-state index contributed by atoms with van der Waals surface area (Å²) in [4.78, 5) is 58.0. The van der Waals surface area contributed by atoms with Gasteiger partial charge in [0, 0.05) is 42.8 Å². The highest BCUT2D eigenvalue weighted by atomic mass is 31.1. The van der Waals surface area contributed by atoms with Crippen molar-refractivity contribution >= 4 is 20.1 Å². The van der Waals surface area contributed by atoms with Gasteiger partial charge in [-0.1, -0.05) is 103 Å². The van der Waals surface area contributed by atoms with Crippen molar-refractivity contribution in [2.24, 2.45) is 0 Å². The maximum atomic E-state index is 12.3. The van der Waals surface area contributed by atoms with Crippen molar-refractivity contribution in [2.45, 2.75) is 166 Å². The number of unbranched alkanes of at least 4 members (excludes halogenated alkanes) is 18. The lowest BCUT2D eigenvalue weighted by molar-refractivity contribution is -0.137. The number of carboxylic acids is 1. The average Bonchev–Trinajstić information content (AvgIpc) is 3.40. The Kier molecular flexibility index (Phi) is 23.8. The number of ether oxygens (including phenoxy) is 2. The van der Waals surface area contributed by atoms with Crippen LogP contribution in [0.25, 0.3) is 0 Å². The Morgan fingerprint density at radius 2 is 1.32 bits per heavy atom. The number of nitrogens with one attached hydrogen (secondary N) is 2. The predicted molar refractivity (Wildman–Crippen MR) is 189 cm³/mol. The van der Waals surface area contributed by atoms with E-state index in [1.165, 1.54) is 76.8 Å². The second kappa shape index (κ2) is 27.2. The summed E-state index contributed by atoms with van der Waals surface area (Å²) in [6, 6.07) is 1.14. The first-order valence-electron chi connectivity index (χ1n) is 18.7. The zero-order chi connectivity index (χ0) is 36.4. The molecule has 5 N–H and O–H groups in total. The van der Waals surface area contributed by atoms with Crippen LogP contribution < -0.4 is 16.6 Å². The number of H-pyrrole nitrogens is 1. The lowest BCUT2D eigenvalue weighted by Gasteiger charge is -2.22. The van der Waals surface area contributed by atoms with E-state index in [0.29, 0.717) is 25.8 Å². The number of carbonyl (C=O) groups is 2. The molecule has 0 aliphatic carbocycles. The fourth-order valence-corrected chi connectivity index (χ4v) is 6.73. The average molecular weight is 731 g/mol. The van der Waals surface area contributed by atoms with Crippen LogP contribution in [-0.4, -0.2) is 74.6 Å². The molecule has 0 radical (unpaired) electrons. The number of rotatable bonds is 31. The molecule has 1 aliphatic heterocycles. The Morgan fingerprint density at radius 3 is 1.84 bits per heavy atom. The maximum absolute atomic E-state index is 12.3. The number of aliphatic hydroxyl groups is 1. The number of amides is 1. The fraction of sp³-hybridized carbons (Fsp3) is 0.829. The monoisotopic (exact) mass is 730 g/mol. The van der Waals surface area contributed by atoms with Crippen LogP contribution >= 0.6 is 8.25 Å². The summed E-state index contributed by atoms with van der Waals surface area (Å²) in [5, 5.41) is 21.4. The van der Waals surface area contributed by atoms with Gasteiger partial charge >= 0.3 is 19.9 Å². The molecule has 5 unspecified atom stereocenters. The number of aromatic amines is 1. The first-order chi connectivity index (χ1) is 24.2. The number of aliphatic carboxylic acids is 1. The Morgan fingerprint density at radius 1 is 0.800 bits per heavy atom. The third-order valence-electron chi connectivity index (χ3n) is 9.05. The van der Waals surface area contributed by atoms with Crippen molar-refractivity contribution < 1.29 is 43.3 Å². The number of aromatic nitrogens is 2. The van der Waals surface area contributed by atoms with E-state index in [2.05, 4.69) is 10.3 Å². The van der Waals surface area contributed by atoms with Gasteiger partial charge in [-0.05, 0) is 25.7 Å². The topological polar surface area (TPSA) is 206 Å². The molecule has 1 saturated heterocycles. The quantitative estimate of drug-likeness (QED) is 0.0468. The van der Waals surface area contributed by atoms with E-state index in [1.54, 1.807) is 0 Å². The van der Waals surface area contributed by atoms with E-state index in [9.17, 15) is 33.7 Å². The van der Waals surface area contributed by atoms with Crippen molar-refractivity contribution in [3.63, 3.8) is 0 Å². The molecule has 5 atom stereocenters. The van der Waals surface area contributed by atoms with Gasteiger partial charge in [-0.15, -0.1) is 9.42 Å². The molecule has 1 aromatic heterocycles. The first kappa shape index (κ1) is 43.7. The molecule has 50 heavy (non-hydrogen) atoms. The smallest absolute Gasteiger partial charge is 0.481 e. The van der Waals surface area contributed by atoms with Crippen molar-refractivity contribution in [2.75, 3.05) is 19.8 Å². The number of hydrogen-bond donors (Lipinski definition) is 5. The molecule has 0 spiro atoms. The molecular formula is C35H61N3O11P+. The van der Waals surface area contributed by atoms with Crippen LogP contribution in [0.5, 0.6) is 0 Å². The fourth-order valence-electron chi connectivity index (χ4n) is 6.27. The molecule has 2 heterocycles. The molecular weight excluding hydrogens is 669 g/mol. The molecule has 2 rings (SSSR count). The molecule has 1 amide bonds. The van der Waals surface area contributed by atoms with Gasteiger partial charge in [0.1, 0.15) is 12.2 Å². The van der Waals surface area contributed by atoms with Gasteiger partial charge in [-0.2, -0.15) is 0 Å². The molecule has 1 aromatic rings. The van der Waals surface area contributed by atoms with Gasteiger partial charge in [0.2, 0.25) is 5.91 Å². The highest BCUT2D eigenvalue weighted by molar-refractivity contribution is 7.32. The highest BCUT2D eigenvalue weighted by Crippen LogP contribution is 2.37. The molecule has 15 heteroatoms. The minimum absolute atomic E-state index is 0.0861. The predicted octanol–water partition coefficient (Wildman–Crippen LogP) is 5.63. The summed E-state index contributed by atoms with van der Waals surface area (Å²) in [7, 11) is -3.03. The summed E-state index contributed by atoms with van der Waals surface area (Å²) in [6.07, 6.45) is 20.0. The van der Waals surface area contributed by atoms with Gasteiger partial charge in [0.05, 0.1) is 6.61 Å². The number of carbonyl (C=O) groups excluding carboxylic acids is 1. The number of carboxylic acid groups (broad SMARTS) is 1. The lowest BCUT2D eigenvalue weighted by Crippen LogP contribution is -2.40. The Bertz CT molecular complexity index is 1210. The normalized spacial score (nSPS) is 19.1. The molecule has 0 bridgehead atoms. The third-order valence-corrected chi connectivity index (χ3v) is 9.47. The Balaban J connectivity index is 1.44. The van der Waals surface area contributed by atoms with Crippen LogP contribution in [0.4, 0.5) is 0 Å². The van der Waals surface area contributed by atoms with Gasteiger partial charge < -0.3 is 25.0 Å². The van der Waals surface area contributed by atoms with E-state index in [-0.39, 0.29) is 12.5 Å². The van der Waals surface area contributed by atoms with Crippen molar-refractivity contribution in [3.8, 4) is 0 Å². The third kappa shape index (κ3) is 19.2. The van der Waals surface area contributed by atoms with E-state index < -0.39 is 56.6 Å². The SMILES string of the molecule is O=C(O)CCCCCCCCCCCCCCCCCCC(=O)NCCCCCCOC1C(O[P+](=O)O)C(CO)OC1n1ccc(=O)[nH]c1=O. The largest absolute Gasteiger partial charge is 0.695 e. The van der Waals surface area contributed by atoms with Gasteiger partial charge in [-0.25, -0.2) is 4.79 Å². The summed E-state index contributed by atoms with van der Waals surface area (Å²) < 4.78 is 29.3. The minimum atomic E-state index is -3.03. The van der Waals surface area contributed by atoms with E-state index in [4.69, 9.17) is 19.1 Å². The maximum Gasteiger partial charge on any atom is 0.695 e. The van der Waals surface area contributed by atoms with Crippen LogP contribution in [0, 0.1) is 0 Å². The van der Waals surface area contributed by atoms with Crippen molar-refractivity contribution in [1.82, 2.24) is 14.9 Å². The first-order valence-corrected chi connectivity index (χ1v) is 19.9. The van der Waals surface area contributed by atoms with Crippen molar-refractivity contribution in [1.29, 1.82) is 0 Å². The molecule has 1 aliphatic rings. The summed E-state index contributed by atoms with van der Waals surface area (Å²) in [5.41, 5.74) is -1.33. The number of aliphatic hydroxyl groups excluding tert-OH is 1. The Hall–Kier alpha value is -2.48. The van der Waals surface area contributed by atoms with Crippen LogP contribution in [0.15, 0.2) is 21.9 Å². The van der Waals surface area contributed by atoms with Crippen molar-refractivity contribution in [3.05, 3.63) is 33.1 Å². The van der Waals surface area contributed by atoms with Gasteiger partial charge in [-0.3, -0.25) is 23.9 Å². The molecule has 0 aromatic carbocycles. The molecule has 0 saturated carbocycles. The van der Waals surface area contributed by atoms with Gasteiger partial charge in [0.25, 0.3) is 5.56 Å². The molecule has 286 valence electrons. The second-order valence-electron chi connectivity index (χ2n) is 13.2. The summed E-state index contributed by atoms with van der Waals surface area (Å²) in [6.45, 7) is 0.328. The van der Waals surface area contributed by atoms with E-state index >= 15 is 0 Å². The minimum Gasteiger partial charge on any atom is -0.481 e.